The maximum atomic E-state index is 13.8. The fourth-order valence-corrected chi connectivity index (χ4v) is 2.29. The monoisotopic (exact) mass is 302 g/mol. The molecule has 0 spiro atoms. The van der Waals surface area contributed by atoms with Gasteiger partial charge in [-0.2, -0.15) is 5.26 Å². The molecule has 0 saturated carbocycles. The summed E-state index contributed by atoms with van der Waals surface area (Å²) in [7, 11) is 1.93. The largest absolute Gasteiger partial charge is 0.295 e. The van der Waals surface area contributed by atoms with Crippen LogP contribution in [-0.2, 0) is 6.54 Å². The molecule has 21 heavy (non-hydrogen) atoms. The molecule has 2 rings (SSSR count). The highest BCUT2D eigenvalue weighted by molar-refractivity contribution is 6.30. The smallest absolute Gasteiger partial charge is 0.127 e. The van der Waals surface area contributed by atoms with E-state index in [1.807, 2.05) is 42.3 Å². The molecule has 1 unspecified atom stereocenters. The Bertz CT molecular complexity index is 661. The summed E-state index contributed by atoms with van der Waals surface area (Å²) >= 11 is 5.89. The van der Waals surface area contributed by atoms with Gasteiger partial charge in [-0.25, -0.2) is 4.39 Å². The predicted molar refractivity (Wildman–Crippen MR) is 82.4 cm³/mol. The van der Waals surface area contributed by atoms with Crippen LogP contribution in [0.3, 0.4) is 0 Å². The average molecular weight is 303 g/mol. The maximum Gasteiger partial charge on any atom is 0.127 e. The van der Waals surface area contributed by atoms with Crippen LogP contribution < -0.4 is 0 Å². The second-order valence-electron chi connectivity index (χ2n) is 5.06. The van der Waals surface area contributed by atoms with Crippen LogP contribution in [0, 0.1) is 17.1 Å². The van der Waals surface area contributed by atoms with Crippen molar-refractivity contribution in [3.63, 3.8) is 0 Å². The third kappa shape index (κ3) is 3.81. The van der Waals surface area contributed by atoms with Gasteiger partial charge in [0.05, 0.1) is 11.6 Å². The van der Waals surface area contributed by atoms with Crippen molar-refractivity contribution in [2.45, 2.75) is 19.5 Å². The molecule has 4 heteroatoms. The fraction of sp³-hybridized carbons (Fsp3) is 0.235. The van der Waals surface area contributed by atoms with Crippen molar-refractivity contribution in [1.29, 1.82) is 5.26 Å². The third-order valence-electron chi connectivity index (χ3n) is 3.61. The normalized spacial score (nSPS) is 12.2. The highest BCUT2D eigenvalue weighted by Gasteiger charge is 2.14. The Morgan fingerprint density at radius 1 is 1.24 bits per heavy atom. The van der Waals surface area contributed by atoms with Crippen LogP contribution in [-0.4, -0.2) is 11.9 Å². The van der Waals surface area contributed by atoms with Gasteiger partial charge in [0.25, 0.3) is 0 Å². The van der Waals surface area contributed by atoms with Crippen LogP contribution in [0.1, 0.15) is 29.7 Å². The van der Waals surface area contributed by atoms with E-state index in [0.29, 0.717) is 22.7 Å². The molecule has 2 aromatic rings. The summed E-state index contributed by atoms with van der Waals surface area (Å²) in [5.74, 6) is -0.288. The van der Waals surface area contributed by atoms with Gasteiger partial charge >= 0.3 is 0 Å². The first-order valence-corrected chi connectivity index (χ1v) is 7.03. The van der Waals surface area contributed by atoms with Crippen molar-refractivity contribution in [2.75, 3.05) is 7.05 Å². The molecule has 0 fully saturated rings. The minimum Gasteiger partial charge on any atom is -0.295 e. The lowest BCUT2D eigenvalue weighted by molar-refractivity contribution is 0.249. The number of benzene rings is 2. The van der Waals surface area contributed by atoms with Gasteiger partial charge in [0.2, 0.25) is 0 Å². The molecule has 0 saturated heterocycles. The van der Waals surface area contributed by atoms with E-state index >= 15 is 0 Å². The van der Waals surface area contributed by atoms with Crippen molar-refractivity contribution < 1.29 is 4.39 Å². The average Bonchev–Trinajstić information content (AvgIpc) is 2.49. The number of hydrogen-bond acceptors (Lipinski definition) is 2. The van der Waals surface area contributed by atoms with Crippen LogP contribution in [0.5, 0.6) is 0 Å². The lowest BCUT2D eigenvalue weighted by atomic mass is 10.1. The highest BCUT2D eigenvalue weighted by atomic mass is 35.5. The van der Waals surface area contributed by atoms with Gasteiger partial charge in [0.15, 0.2) is 0 Å². The van der Waals surface area contributed by atoms with E-state index in [0.717, 1.165) is 5.56 Å². The van der Waals surface area contributed by atoms with Gasteiger partial charge in [-0.15, -0.1) is 0 Å². The molecule has 0 heterocycles. The SMILES string of the molecule is CC(c1ccc(Cl)cc1)N(C)Cc1cc(C#N)ccc1F. The van der Waals surface area contributed by atoms with E-state index in [-0.39, 0.29) is 11.9 Å². The van der Waals surface area contributed by atoms with E-state index in [4.69, 9.17) is 16.9 Å². The zero-order valence-electron chi connectivity index (χ0n) is 12.0. The van der Waals surface area contributed by atoms with E-state index in [2.05, 4.69) is 6.92 Å². The lowest BCUT2D eigenvalue weighted by Gasteiger charge is -2.25. The summed E-state index contributed by atoms with van der Waals surface area (Å²) in [6.07, 6.45) is 0. The van der Waals surface area contributed by atoms with Crippen LogP contribution in [0.4, 0.5) is 4.39 Å². The van der Waals surface area contributed by atoms with Gasteiger partial charge < -0.3 is 0 Å². The summed E-state index contributed by atoms with van der Waals surface area (Å²) in [6, 6.07) is 14.2. The zero-order valence-corrected chi connectivity index (χ0v) is 12.7. The molecule has 0 aliphatic heterocycles. The standard InChI is InChI=1S/C17H16ClFN2/c1-12(14-4-6-16(18)7-5-14)21(2)11-15-9-13(10-20)3-8-17(15)19/h3-9,12H,11H2,1-2H3. The number of nitriles is 1. The summed E-state index contributed by atoms with van der Waals surface area (Å²) < 4.78 is 13.8. The Morgan fingerprint density at radius 3 is 2.52 bits per heavy atom. The number of nitrogens with zero attached hydrogens (tertiary/aromatic N) is 2. The first kappa shape index (κ1) is 15.5. The Balaban J connectivity index is 2.15. The second kappa shape index (κ2) is 6.71. The van der Waals surface area contributed by atoms with E-state index < -0.39 is 0 Å². The van der Waals surface area contributed by atoms with Crippen molar-refractivity contribution in [3.8, 4) is 6.07 Å². The second-order valence-corrected chi connectivity index (χ2v) is 5.50. The topological polar surface area (TPSA) is 27.0 Å². The lowest BCUT2D eigenvalue weighted by Crippen LogP contribution is -2.22. The highest BCUT2D eigenvalue weighted by Crippen LogP contribution is 2.23. The van der Waals surface area contributed by atoms with Gasteiger partial charge in [-0.05, 0) is 49.9 Å². The van der Waals surface area contributed by atoms with E-state index in [9.17, 15) is 4.39 Å². The quantitative estimate of drug-likeness (QED) is 0.829. The van der Waals surface area contributed by atoms with E-state index in [1.165, 1.54) is 12.1 Å². The number of halogens is 2. The number of hydrogen-bond donors (Lipinski definition) is 0. The molecule has 2 aromatic carbocycles. The minimum absolute atomic E-state index is 0.118. The van der Waals surface area contributed by atoms with Gasteiger partial charge in [0, 0.05) is 23.2 Å². The van der Waals surface area contributed by atoms with Crippen LogP contribution in [0.2, 0.25) is 5.02 Å². The van der Waals surface area contributed by atoms with Crippen LogP contribution in [0.25, 0.3) is 0 Å². The minimum atomic E-state index is -0.288. The van der Waals surface area contributed by atoms with E-state index in [1.54, 1.807) is 6.07 Å². The molecule has 0 amide bonds. The molecule has 2 nitrogen and oxygen atoms in total. The zero-order chi connectivity index (χ0) is 15.4. The predicted octanol–water partition coefficient (Wildman–Crippen LogP) is 4.54. The summed E-state index contributed by atoms with van der Waals surface area (Å²) in [5.41, 5.74) is 2.11. The molecule has 0 aliphatic carbocycles. The molecule has 0 N–H and O–H groups in total. The Labute approximate surface area is 129 Å². The maximum absolute atomic E-state index is 13.8. The molecule has 0 radical (unpaired) electrons. The van der Waals surface area contributed by atoms with Crippen molar-refractivity contribution in [3.05, 3.63) is 70.0 Å². The Kier molecular flexibility index (Phi) is 4.95. The van der Waals surface area contributed by atoms with Crippen LogP contribution >= 0.6 is 11.6 Å². The fourth-order valence-electron chi connectivity index (χ4n) is 2.17. The van der Waals surface area contributed by atoms with Crippen molar-refractivity contribution >= 4 is 11.6 Å². The summed E-state index contributed by atoms with van der Waals surface area (Å²) in [4.78, 5) is 2.03. The van der Waals surface area contributed by atoms with Gasteiger partial charge in [0.1, 0.15) is 5.82 Å². The molecular weight excluding hydrogens is 287 g/mol. The summed E-state index contributed by atoms with van der Waals surface area (Å²) in [6.45, 7) is 2.49. The first-order chi connectivity index (χ1) is 10.0. The Morgan fingerprint density at radius 2 is 1.90 bits per heavy atom. The molecule has 1 atom stereocenters. The molecule has 0 aromatic heterocycles. The number of rotatable bonds is 4. The van der Waals surface area contributed by atoms with Crippen molar-refractivity contribution in [1.82, 2.24) is 4.90 Å². The summed E-state index contributed by atoms with van der Waals surface area (Å²) in [5, 5.41) is 9.60. The molecular formula is C17H16ClFN2. The van der Waals surface area contributed by atoms with Crippen molar-refractivity contribution in [2.24, 2.45) is 0 Å². The molecule has 108 valence electrons. The molecule has 0 bridgehead atoms. The van der Waals surface area contributed by atoms with Gasteiger partial charge in [-0.1, -0.05) is 23.7 Å². The third-order valence-corrected chi connectivity index (χ3v) is 3.86. The van der Waals surface area contributed by atoms with Crippen LogP contribution in [0.15, 0.2) is 42.5 Å². The van der Waals surface area contributed by atoms with Gasteiger partial charge in [-0.3, -0.25) is 4.90 Å². The Hall–Kier alpha value is -1.89. The molecule has 0 aliphatic rings. The first-order valence-electron chi connectivity index (χ1n) is 6.65.